The molecule has 2 fully saturated rings. The van der Waals surface area contributed by atoms with Gasteiger partial charge in [-0.2, -0.15) is 0 Å². The minimum absolute atomic E-state index is 0.0936. The molecule has 4 atom stereocenters. The van der Waals surface area contributed by atoms with Gasteiger partial charge < -0.3 is 14.7 Å². The Bertz CT molecular complexity index is 217. The maximum atomic E-state index is 10.7. The van der Waals surface area contributed by atoms with Crippen molar-refractivity contribution in [1.82, 2.24) is 0 Å². The van der Waals surface area contributed by atoms with Crippen LogP contribution in [-0.4, -0.2) is 35.1 Å². The summed E-state index contributed by atoms with van der Waals surface area (Å²) in [7, 11) is -3.90. The van der Waals surface area contributed by atoms with Gasteiger partial charge in [-0.25, -0.2) is 4.57 Å². The molecule has 0 aromatic heterocycles. The van der Waals surface area contributed by atoms with E-state index in [-0.39, 0.29) is 6.61 Å². The zero-order valence-corrected chi connectivity index (χ0v) is 6.31. The van der Waals surface area contributed by atoms with E-state index >= 15 is 0 Å². The van der Waals surface area contributed by atoms with Crippen LogP contribution in [0.5, 0.6) is 0 Å². The standard InChI is InChI=1S/C4H7O6P/c5-4-3-2(1-8-4)9-11(6,7)10-3/h2-5H,1H2,(H,6,7)/t2-,3-,4?/m1/s1. The van der Waals surface area contributed by atoms with Crippen LogP contribution in [0.2, 0.25) is 0 Å². The van der Waals surface area contributed by atoms with Gasteiger partial charge in [0, 0.05) is 0 Å². The van der Waals surface area contributed by atoms with Crippen molar-refractivity contribution in [3.05, 3.63) is 0 Å². The van der Waals surface area contributed by atoms with Gasteiger partial charge in [0.25, 0.3) is 0 Å². The number of hydrogen-bond acceptors (Lipinski definition) is 5. The Kier molecular flexibility index (Phi) is 1.57. The Morgan fingerprint density at radius 2 is 2.18 bits per heavy atom. The molecule has 6 nitrogen and oxygen atoms in total. The van der Waals surface area contributed by atoms with E-state index in [9.17, 15) is 4.57 Å². The molecule has 0 aliphatic carbocycles. The molecule has 2 rings (SSSR count). The van der Waals surface area contributed by atoms with Crippen LogP contribution >= 0.6 is 7.82 Å². The van der Waals surface area contributed by atoms with Crippen molar-refractivity contribution < 1.29 is 28.3 Å². The van der Waals surface area contributed by atoms with Gasteiger partial charge in [0.1, 0.15) is 12.2 Å². The molecule has 0 spiro atoms. The van der Waals surface area contributed by atoms with Crippen molar-refractivity contribution in [2.24, 2.45) is 0 Å². The second kappa shape index (κ2) is 2.26. The molecule has 0 radical (unpaired) electrons. The van der Waals surface area contributed by atoms with E-state index in [1.165, 1.54) is 0 Å². The van der Waals surface area contributed by atoms with E-state index in [4.69, 9.17) is 10.00 Å². The third-order valence-corrected chi connectivity index (χ3v) is 2.65. The molecule has 64 valence electrons. The molecular weight excluding hydrogens is 175 g/mol. The summed E-state index contributed by atoms with van der Waals surface area (Å²) in [6.07, 6.45) is -2.57. The molecule has 0 aromatic carbocycles. The van der Waals surface area contributed by atoms with E-state index in [0.717, 1.165) is 0 Å². The Labute approximate surface area is 62.3 Å². The van der Waals surface area contributed by atoms with Crippen molar-refractivity contribution in [1.29, 1.82) is 0 Å². The molecule has 2 saturated heterocycles. The second-order valence-corrected chi connectivity index (χ2v) is 3.77. The van der Waals surface area contributed by atoms with Crippen LogP contribution in [0.4, 0.5) is 0 Å². The lowest BCUT2D eigenvalue weighted by Gasteiger charge is -2.07. The maximum Gasteiger partial charge on any atom is 0.473 e. The van der Waals surface area contributed by atoms with Crippen molar-refractivity contribution >= 4 is 7.82 Å². The van der Waals surface area contributed by atoms with Gasteiger partial charge in [0.2, 0.25) is 0 Å². The summed E-state index contributed by atoms with van der Waals surface area (Å²) in [5.74, 6) is 0. The molecule has 2 unspecified atom stereocenters. The SMILES string of the molecule is O=P1(O)O[C@@H]2COC(O)[C@@H]2O1. The topological polar surface area (TPSA) is 85.2 Å². The average molecular weight is 182 g/mol. The number of aliphatic hydroxyl groups excluding tert-OH is 1. The molecule has 0 aromatic rings. The number of aliphatic hydroxyl groups is 1. The quantitative estimate of drug-likeness (QED) is 0.478. The molecule has 0 bridgehead atoms. The molecule has 7 heteroatoms. The maximum absolute atomic E-state index is 10.7. The average Bonchev–Trinajstić information content (AvgIpc) is 2.31. The number of phosphoric acid groups is 1. The number of fused-ring (bicyclic) bond motifs is 1. The van der Waals surface area contributed by atoms with E-state index in [1.54, 1.807) is 0 Å². The smallest absolute Gasteiger partial charge is 0.366 e. The van der Waals surface area contributed by atoms with E-state index in [2.05, 4.69) is 13.8 Å². The summed E-state index contributed by atoms with van der Waals surface area (Å²) in [6.45, 7) is 0.0936. The van der Waals surface area contributed by atoms with Gasteiger partial charge in [-0.3, -0.25) is 9.05 Å². The largest absolute Gasteiger partial charge is 0.473 e. The second-order valence-electron chi connectivity index (χ2n) is 2.41. The lowest BCUT2D eigenvalue weighted by atomic mass is 10.2. The highest BCUT2D eigenvalue weighted by atomic mass is 31.2. The molecule has 11 heavy (non-hydrogen) atoms. The predicted octanol–water partition coefficient (Wildman–Crippen LogP) is -0.781. The fourth-order valence-corrected chi connectivity index (χ4v) is 2.25. The zero-order valence-electron chi connectivity index (χ0n) is 5.41. The van der Waals surface area contributed by atoms with Gasteiger partial charge in [0.05, 0.1) is 6.61 Å². The Balaban J connectivity index is 2.16. The zero-order chi connectivity index (χ0) is 8.06. The first-order valence-corrected chi connectivity index (χ1v) is 4.57. The number of rotatable bonds is 0. The van der Waals surface area contributed by atoms with Crippen LogP contribution < -0.4 is 0 Å². The summed E-state index contributed by atoms with van der Waals surface area (Å²) in [5, 5.41) is 8.97. The van der Waals surface area contributed by atoms with E-state index in [1.807, 2.05) is 0 Å². The van der Waals surface area contributed by atoms with E-state index in [0.29, 0.717) is 0 Å². The lowest BCUT2D eigenvalue weighted by Crippen LogP contribution is -2.26. The predicted molar refractivity (Wildman–Crippen MR) is 31.5 cm³/mol. The van der Waals surface area contributed by atoms with Gasteiger partial charge in [0.15, 0.2) is 6.29 Å². The summed E-state index contributed by atoms with van der Waals surface area (Å²) >= 11 is 0. The monoisotopic (exact) mass is 182 g/mol. The van der Waals surface area contributed by atoms with Gasteiger partial charge in [-0.05, 0) is 0 Å². The van der Waals surface area contributed by atoms with Gasteiger partial charge in [-0.15, -0.1) is 0 Å². The van der Waals surface area contributed by atoms with Crippen molar-refractivity contribution in [3.8, 4) is 0 Å². The van der Waals surface area contributed by atoms with E-state index < -0.39 is 26.3 Å². The molecule has 2 heterocycles. The van der Waals surface area contributed by atoms with Crippen molar-refractivity contribution in [2.45, 2.75) is 18.5 Å². The summed E-state index contributed by atoms with van der Waals surface area (Å²) in [6, 6.07) is 0. The van der Waals surface area contributed by atoms with Crippen LogP contribution in [0.3, 0.4) is 0 Å². The normalized spacial score (nSPS) is 56.4. The van der Waals surface area contributed by atoms with Gasteiger partial charge in [-0.1, -0.05) is 0 Å². The Morgan fingerprint density at radius 3 is 2.82 bits per heavy atom. The molecular formula is C4H7O6P. The summed E-state index contributed by atoms with van der Waals surface area (Å²) in [4.78, 5) is 8.76. The van der Waals surface area contributed by atoms with Gasteiger partial charge >= 0.3 is 7.82 Å². The summed E-state index contributed by atoms with van der Waals surface area (Å²) < 4.78 is 24.4. The Hall–Kier alpha value is 0.0300. The minimum Gasteiger partial charge on any atom is -0.366 e. The Morgan fingerprint density at radius 1 is 1.45 bits per heavy atom. The van der Waals surface area contributed by atoms with Crippen molar-refractivity contribution in [2.75, 3.05) is 6.61 Å². The molecule has 2 aliphatic rings. The highest BCUT2D eigenvalue weighted by molar-refractivity contribution is 7.47. The third-order valence-electron chi connectivity index (χ3n) is 1.60. The van der Waals surface area contributed by atoms with Crippen LogP contribution in [0.15, 0.2) is 0 Å². The fourth-order valence-electron chi connectivity index (χ4n) is 1.13. The number of ether oxygens (including phenoxy) is 1. The third kappa shape index (κ3) is 1.22. The van der Waals surface area contributed by atoms with Crippen LogP contribution in [0, 0.1) is 0 Å². The molecule has 2 N–H and O–H groups in total. The molecule has 0 amide bonds. The first kappa shape index (κ1) is 7.67. The highest BCUT2D eigenvalue weighted by Crippen LogP contribution is 2.54. The first-order valence-electron chi connectivity index (χ1n) is 3.08. The lowest BCUT2D eigenvalue weighted by molar-refractivity contribution is -0.101. The number of phosphoric ester groups is 1. The van der Waals surface area contributed by atoms with Crippen LogP contribution in [0.1, 0.15) is 0 Å². The first-order chi connectivity index (χ1) is 5.08. The van der Waals surface area contributed by atoms with Crippen LogP contribution in [0.25, 0.3) is 0 Å². The minimum atomic E-state index is -3.90. The molecule has 0 saturated carbocycles. The highest BCUT2D eigenvalue weighted by Gasteiger charge is 2.51. The van der Waals surface area contributed by atoms with Crippen LogP contribution in [-0.2, 0) is 18.3 Å². The number of hydrogen-bond donors (Lipinski definition) is 2. The molecule has 2 aliphatic heterocycles. The summed E-state index contributed by atoms with van der Waals surface area (Å²) in [5.41, 5.74) is 0. The fraction of sp³-hybridized carbons (Fsp3) is 1.00. The van der Waals surface area contributed by atoms with Crippen molar-refractivity contribution in [3.63, 3.8) is 0 Å².